The van der Waals surface area contributed by atoms with E-state index in [0.29, 0.717) is 17.7 Å². The van der Waals surface area contributed by atoms with E-state index in [0.717, 1.165) is 19.3 Å². The normalized spacial score (nSPS) is 21.6. The first-order chi connectivity index (χ1) is 10.1. The van der Waals surface area contributed by atoms with Gasteiger partial charge in [-0.3, -0.25) is 4.79 Å². The van der Waals surface area contributed by atoms with E-state index in [1.807, 2.05) is 11.0 Å². The van der Waals surface area contributed by atoms with Gasteiger partial charge in [0.05, 0.1) is 12.2 Å². The molecule has 0 bridgehead atoms. The van der Waals surface area contributed by atoms with Crippen LogP contribution in [0.1, 0.15) is 55.6 Å². The summed E-state index contributed by atoms with van der Waals surface area (Å²) in [5, 5.41) is 8.80. The highest BCUT2D eigenvalue weighted by molar-refractivity contribution is 5.95. The molecule has 4 heteroatoms. The van der Waals surface area contributed by atoms with Crippen LogP contribution >= 0.6 is 0 Å². The molecule has 21 heavy (non-hydrogen) atoms. The van der Waals surface area contributed by atoms with Crippen LogP contribution in [-0.4, -0.2) is 39.6 Å². The summed E-state index contributed by atoms with van der Waals surface area (Å²) < 4.78 is 0. The van der Waals surface area contributed by atoms with E-state index in [1.54, 1.807) is 12.3 Å². The van der Waals surface area contributed by atoms with Crippen LogP contribution in [-0.2, 0) is 0 Å². The Hall–Kier alpha value is -1.86. The fraction of sp³-hybridized carbons (Fsp3) is 0.529. The standard InChI is InChI=1S/C17H22N2O2/c1-13-7-5-8-14(2)19(13)17(21)16-15(9-3-4-12-20)10-6-11-18-16/h6,10-11,13-14,20H,4-5,7-8,12H2,1-2H3/t13-,14+. The second-order valence-electron chi connectivity index (χ2n) is 5.52. The van der Waals surface area contributed by atoms with Crippen LogP contribution in [0.3, 0.4) is 0 Å². The lowest BCUT2D eigenvalue weighted by Crippen LogP contribution is -2.47. The molecule has 2 heterocycles. The quantitative estimate of drug-likeness (QED) is 0.848. The zero-order chi connectivity index (χ0) is 15.2. The molecule has 1 aromatic rings. The highest BCUT2D eigenvalue weighted by Crippen LogP contribution is 2.24. The number of piperidine rings is 1. The number of carbonyl (C=O) groups excluding carboxylic acids is 1. The smallest absolute Gasteiger partial charge is 0.274 e. The molecule has 1 fully saturated rings. The highest BCUT2D eigenvalue weighted by Gasteiger charge is 2.31. The molecule has 0 radical (unpaired) electrons. The van der Waals surface area contributed by atoms with Gasteiger partial charge in [-0.15, -0.1) is 0 Å². The molecular formula is C17H22N2O2. The summed E-state index contributed by atoms with van der Waals surface area (Å²) in [6.07, 6.45) is 5.27. The van der Waals surface area contributed by atoms with Gasteiger partial charge in [-0.05, 0) is 45.2 Å². The molecule has 112 valence electrons. The van der Waals surface area contributed by atoms with E-state index in [4.69, 9.17) is 5.11 Å². The highest BCUT2D eigenvalue weighted by atomic mass is 16.2. The van der Waals surface area contributed by atoms with Gasteiger partial charge in [0, 0.05) is 24.7 Å². The summed E-state index contributed by atoms with van der Waals surface area (Å²) in [6.45, 7) is 4.21. The van der Waals surface area contributed by atoms with Gasteiger partial charge in [-0.1, -0.05) is 11.8 Å². The lowest BCUT2D eigenvalue weighted by Gasteiger charge is -2.39. The van der Waals surface area contributed by atoms with Crippen molar-refractivity contribution in [1.82, 2.24) is 9.88 Å². The molecule has 1 N–H and O–H groups in total. The predicted molar refractivity (Wildman–Crippen MR) is 81.8 cm³/mol. The first-order valence-electron chi connectivity index (χ1n) is 7.52. The monoisotopic (exact) mass is 286 g/mol. The molecule has 4 nitrogen and oxygen atoms in total. The van der Waals surface area contributed by atoms with Gasteiger partial charge in [-0.25, -0.2) is 4.98 Å². The maximum absolute atomic E-state index is 12.8. The van der Waals surface area contributed by atoms with E-state index >= 15 is 0 Å². The van der Waals surface area contributed by atoms with Gasteiger partial charge in [0.25, 0.3) is 5.91 Å². The molecular weight excluding hydrogens is 264 g/mol. The number of aliphatic hydroxyl groups is 1. The summed E-state index contributed by atoms with van der Waals surface area (Å²) in [4.78, 5) is 19.0. The zero-order valence-corrected chi connectivity index (χ0v) is 12.7. The molecule has 0 unspecified atom stereocenters. The molecule has 0 aromatic carbocycles. The van der Waals surface area contributed by atoms with Gasteiger partial charge in [-0.2, -0.15) is 0 Å². The minimum Gasteiger partial charge on any atom is -0.395 e. The van der Waals surface area contributed by atoms with Crippen LogP contribution in [0, 0.1) is 11.8 Å². The van der Waals surface area contributed by atoms with Crippen molar-refractivity contribution in [1.29, 1.82) is 0 Å². The molecule has 0 saturated carbocycles. The van der Waals surface area contributed by atoms with E-state index in [1.165, 1.54) is 0 Å². The topological polar surface area (TPSA) is 53.4 Å². The number of rotatable bonds is 2. The Morgan fingerprint density at radius 1 is 1.43 bits per heavy atom. The number of pyridine rings is 1. The summed E-state index contributed by atoms with van der Waals surface area (Å²) in [5.41, 5.74) is 1.06. The first kappa shape index (κ1) is 15.5. The predicted octanol–water partition coefficient (Wildman–Crippen LogP) is 2.22. The van der Waals surface area contributed by atoms with Gasteiger partial charge in [0.15, 0.2) is 0 Å². The summed E-state index contributed by atoms with van der Waals surface area (Å²) >= 11 is 0. The molecule has 0 aliphatic carbocycles. The van der Waals surface area contributed by atoms with Crippen molar-refractivity contribution in [3.05, 3.63) is 29.6 Å². The van der Waals surface area contributed by atoms with Crippen LogP contribution in [0.15, 0.2) is 18.3 Å². The van der Waals surface area contributed by atoms with E-state index in [9.17, 15) is 4.79 Å². The fourth-order valence-electron chi connectivity index (χ4n) is 2.83. The van der Waals surface area contributed by atoms with Crippen molar-refractivity contribution < 1.29 is 9.90 Å². The Labute approximate surface area is 126 Å². The number of aromatic nitrogens is 1. The van der Waals surface area contributed by atoms with Crippen LogP contribution in [0.25, 0.3) is 0 Å². The summed E-state index contributed by atoms with van der Waals surface area (Å²) in [6, 6.07) is 4.06. The molecule has 1 saturated heterocycles. The third kappa shape index (κ3) is 3.62. The first-order valence-corrected chi connectivity index (χ1v) is 7.52. The van der Waals surface area contributed by atoms with E-state index < -0.39 is 0 Å². The van der Waals surface area contributed by atoms with Crippen molar-refractivity contribution in [3.8, 4) is 11.8 Å². The Bertz CT molecular complexity index is 549. The van der Waals surface area contributed by atoms with Gasteiger partial charge < -0.3 is 10.0 Å². The second-order valence-corrected chi connectivity index (χ2v) is 5.52. The molecule has 1 amide bonds. The molecule has 2 rings (SSSR count). The summed E-state index contributed by atoms with van der Waals surface area (Å²) in [7, 11) is 0. The molecule has 1 aromatic heterocycles. The third-order valence-corrected chi connectivity index (χ3v) is 3.90. The van der Waals surface area contributed by atoms with Crippen LogP contribution in [0.4, 0.5) is 0 Å². The fourth-order valence-corrected chi connectivity index (χ4v) is 2.83. The van der Waals surface area contributed by atoms with E-state index in [-0.39, 0.29) is 24.6 Å². The lowest BCUT2D eigenvalue weighted by atomic mass is 9.96. The average Bonchev–Trinajstić information content (AvgIpc) is 2.47. The van der Waals surface area contributed by atoms with Crippen molar-refractivity contribution >= 4 is 5.91 Å². The number of aliphatic hydroxyl groups excluding tert-OH is 1. The van der Waals surface area contributed by atoms with Crippen LogP contribution in [0.5, 0.6) is 0 Å². The van der Waals surface area contributed by atoms with Gasteiger partial charge >= 0.3 is 0 Å². The molecule has 1 aliphatic heterocycles. The minimum atomic E-state index is -0.0383. The van der Waals surface area contributed by atoms with Crippen molar-refractivity contribution in [2.24, 2.45) is 0 Å². The number of carbonyl (C=O) groups is 1. The van der Waals surface area contributed by atoms with Gasteiger partial charge in [0.1, 0.15) is 5.69 Å². The Balaban J connectivity index is 2.29. The second kappa shape index (κ2) is 7.24. The molecule has 1 aliphatic rings. The number of amides is 1. The van der Waals surface area contributed by atoms with Crippen molar-refractivity contribution in [3.63, 3.8) is 0 Å². The van der Waals surface area contributed by atoms with E-state index in [2.05, 4.69) is 30.7 Å². The maximum Gasteiger partial charge on any atom is 0.274 e. The number of hydrogen-bond donors (Lipinski definition) is 1. The Morgan fingerprint density at radius 3 is 2.81 bits per heavy atom. The van der Waals surface area contributed by atoms with Gasteiger partial charge in [0.2, 0.25) is 0 Å². The van der Waals surface area contributed by atoms with Crippen molar-refractivity contribution in [2.45, 2.75) is 51.6 Å². The lowest BCUT2D eigenvalue weighted by molar-refractivity contribution is 0.0504. The largest absolute Gasteiger partial charge is 0.395 e. The average molecular weight is 286 g/mol. The number of hydrogen-bond acceptors (Lipinski definition) is 3. The number of likely N-dealkylation sites (tertiary alicyclic amines) is 1. The third-order valence-electron chi connectivity index (χ3n) is 3.90. The molecule has 2 atom stereocenters. The van der Waals surface area contributed by atoms with Crippen molar-refractivity contribution in [2.75, 3.05) is 6.61 Å². The summed E-state index contributed by atoms with van der Waals surface area (Å²) in [5.74, 6) is 5.77. The number of nitrogens with zero attached hydrogens (tertiary/aromatic N) is 2. The zero-order valence-electron chi connectivity index (χ0n) is 12.7. The SMILES string of the molecule is C[C@@H]1CCC[C@H](C)N1C(=O)c1ncccc1C#CCCO. The van der Waals surface area contributed by atoms with Crippen LogP contribution < -0.4 is 0 Å². The Morgan fingerprint density at radius 2 is 2.14 bits per heavy atom. The molecule has 0 spiro atoms. The minimum absolute atomic E-state index is 0.0245. The Kier molecular flexibility index (Phi) is 5.35. The maximum atomic E-state index is 12.8. The van der Waals surface area contributed by atoms with Crippen LogP contribution in [0.2, 0.25) is 0 Å².